The maximum absolute atomic E-state index is 12.0. The molecule has 27 heavy (non-hydrogen) atoms. The van der Waals surface area contributed by atoms with Crippen LogP contribution in [0.5, 0.6) is 11.5 Å². The molecule has 0 spiro atoms. The summed E-state index contributed by atoms with van der Waals surface area (Å²) in [6, 6.07) is 7.54. The van der Waals surface area contributed by atoms with Gasteiger partial charge in [-0.15, -0.1) is 16.8 Å². The van der Waals surface area contributed by atoms with Gasteiger partial charge < -0.3 is 14.8 Å². The number of ether oxygens (including phenoxy) is 2. The highest BCUT2D eigenvalue weighted by atomic mass is 32.2. The van der Waals surface area contributed by atoms with Gasteiger partial charge in [0.1, 0.15) is 6.61 Å². The number of rotatable bonds is 8. The van der Waals surface area contributed by atoms with Gasteiger partial charge >= 0.3 is 0 Å². The second kappa shape index (κ2) is 8.94. The molecular weight excluding hydrogens is 364 g/mol. The van der Waals surface area contributed by atoms with Gasteiger partial charge in [-0.05, 0) is 18.1 Å². The SMILES string of the molecule is C=CCn1c(SCC(=O)NCC(C)C)nnc1[C@@H]1COc2ccccc2O1. The summed E-state index contributed by atoms with van der Waals surface area (Å²) in [4.78, 5) is 12.0. The molecule has 1 aliphatic heterocycles. The third kappa shape index (κ3) is 4.82. The van der Waals surface area contributed by atoms with E-state index < -0.39 is 0 Å². The first-order chi connectivity index (χ1) is 13.1. The minimum atomic E-state index is -0.364. The Balaban J connectivity index is 1.70. The number of para-hydroxylation sites is 2. The Morgan fingerprint density at radius 2 is 2.19 bits per heavy atom. The highest BCUT2D eigenvalue weighted by molar-refractivity contribution is 7.99. The second-order valence-electron chi connectivity index (χ2n) is 6.59. The number of nitrogens with zero attached hydrogens (tertiary/aromatic N) is 3. The standard InChI is InChI=1S/C19H24N4O3S/c1-4-9-23-18(16-11-25-14-7-5-6-8-15(14)26-16)21-22-19(23)27-12-17(24)20-10-13(2)3/h4-8,13,16H,1,9-12H2,2-3H3,(H,20,24)/t16-/m0/s1. The molecule has 1 atom stereocenters. The molecule has 2 heterocycles. The Labute approximate surface area is 163 Å². The molecule has 0 bridgehead atoms. The third-order valence-electron chi connectivity index (χ3n) is 3.89. The summed E-state index contributed by atoms with van der Waals surface area (Å²) in [7, 11) is 0. The molecule has 8 heteroatoms. The Morgan fingerprint density at radius 3 is 2.93 bits per heavy atom. The van der Waals surface area contributed by atoms with E-state index in [1.165, 1.54) is 11.8 Å². The first-order valence-electron chi connectivity index (χ1n) is 8.90. The van der Waals surface area contributed by atoms with Gasteiger partial charge in [-0.2, -0.15) is 0 Å². The summed E-state index contributed by atoms with van der Waals surface area (Å²) >= 11 is 1.35. The van der Waals surface area contributed by atoms with Crippen molar-refractivity contribution in [3.05, 3.63) is 42.7 Å². The first-order valence-corrected chi connectivity index (χ1v) is 9.89. The maximum atomic E-state index is 12.0. The highest BCUT2D eigenvalue weighted by Gasteiger charge is 2.28. The van der Waals surface area contributed by atoms with Gasteiger partial charge in [0.05, 0.1) is 5.75 Å². The summed E-state index contributed by atoms with van der Waals surface area (Å²) in [6.45, 7) is 9.47. The van der Waals surface area contributed by atoms with Crippen LogP contribution in [-0.4, -0.2) is 39.6 Å². The minimum absolute atomic E-state index is 0.0189. The van der Waals surface area contributed by atoms with Crippen LogP contribution in [0, 0.1) is 5.92 Å². The molecule has 0 saturated heterocycles. The van der Waals surface area contributed by atoms with Gasteiger partial charge in [0, 0.05) is 13.1 Å². The van der Waals surface area contributed by atoms with Gasteiger partial charge in [0.2, 0.25) is 5.91 Å². The monoisotopic (exact) mass is 388 g/mol. The lowest BCUT2D eigenvalue weighted by Gasteiger charge is -2.26. The number of amides is 1. The fraction of sp³-hybridized carbons (Fsp3) is 0.421. The second-order valence-corrected chi connectivity index (χ2v) is 7.53. The van der Waals surface area contributed by atoms with Crippen molar-refractivity contribution in [2.24, 2.45) is 5.92 Å². The number of carbonyl (C=O) groups excluding carboxylic acids is 1. The van der Waals surface area contributed by atoms with Gasteiger partial charge in [0.15, 0.2) is 28.6 Å². The van der Waals surface area contributed by atoms with Crippen LogP contribution in [0.15, 0.2) is 42.1 Å². The lowest BCUT2D eigenvalue weighted by atomic mass is 10.2. The number of aromatic nitrogens is 3. The number of benzene rings is 1. The van der Waals surface area contributed by atoms with E-state index in [0.717, 1.165) is 5.75 Å². The summed E-state index contributed by atoms with van der Waals surface area (Å²) in [6.07, 6.45) is 1.41. The van der Waals surface area contributed by atoms with Crippen LogP contribution in [0.2, 0.25) is 0 Å². The molecule has 1 aromatic heterocycles. The number of allylic oxidation sites excluding steroid dienone is 1. The average Bonchev–Trinajstić information content (AvgIpc) is 3.07. The van der Waals surface area contributed by atoms with E-state index in [0.29, 0.717) is 42.3 Å². The Hall–Kier alpha value is -2.48. The van der Waals surface area contributed by atoms with Crippen LogP contribution < -0.4 is 14.8 Å². The smallest absolute Gasteiger partial charge is 0.230 e. The number of thioether (sulfide) groups is 1. The lowest BCUT2D eigenvalue weighted by Crippen LogP contribution is -2.29. The predicted molar refractivity (Wildman–Crippen MR) is 104 cm³/mol. The van der Waals surface area contributed by atoms with Crippen molar-refractivity contribution in [2.45, 2.75) is 31.7 Å². The van der Waals surface area contributed by atoms with Gasteiger partial charge in [-0.1, -0.05) is 43.8 Å². The molecule has 3 rings (SSSR count). The summed E-state index contributed by atoms with van der Waals surface area (Å²) in [5.74, 6) is 2.75. The van der Waals surface area contributed by atoms with Gasteiger partial charge in [-0.25, -0.2) is 0 Å². The van der Waals surface area contributed by atoms with E-state index in [1.54, 1.807) is 6.08 Å². The van der Waals surface area contributed by atoms with Crippen molar-refractivity contribution in [3.8, 4) is 11.5 Å². The Bertz CT molecular complexity index is 806. The van der Waals surface area contributed by atoms with Crippen LogP contribution in [0.1, 0.15) is 25.8 Å². The van der Waals surface area contributed by atoms with Crippen LogP contribution in [-0.2, 0) is 11.3 Å². The van der Waals surface area contributed by atoms with Crippen molar-refractivity contribution in [2.75, 3.05) is 18.9 Å². The zero-order valence-electron chi connectivity index (χ0n) is 15.6. The summed E-state index contributed by atoms with van der Waals surface area (Å²) < 4.78 is 13.7. The lowest BCUT2D eigenvalue weighted by molar-refractivity contribution is -0.118. The fourth-order valence-electron chi connectivity index (χ4n) is 2.59. The average molecular weight is 388 g/mol. The highest BCUT2D eigenvalue weighted by Crippen LogP contribution is 2.36. The van der Waals surface area contributed by atoms with Crippen LogP contribution in [0.4, 0.5) is 0 Å². The Morgan fingerprint density at radius 1 is 1.41 bits per heavy atom. The van der Waals surface area contributed by atoms with Crippen molar-refractivity contribution >= 4 is 17.7 Å². The van der Waals surface area contributed by atoms with Gasteiger partial charge in [0.25, 0.3) is 0 Å². The Kier molecular flexibility index (Phi) is 6.39. The zero-order chi connectivity index (χ0) is 19.2. The molecule has 2 aromatic rings. The number of hydrogen-bond donors (Lipinski definition) is 1. The van der Waals surface area contributed by atoms with E-state index in [4.69, 9.17) is 9.47 Å². The summed E-state index contributed by atoms with van der Waals surface area (Å²) in [5.41, 5.74) is 0. The number of hydrogen-bond acceptors (Lipinski definition) is 6. The van der Waals surface area contributed by atoms with E-state index >= 15 is 0 Å². The molecule has 0 fully saturated rings. The molecule has 1 amide bonds. The summed E-state index contributed by atoms with van der Waals surface area (Å²) in [5, 5.41) is 12.1. The molecule has 1 N–H and O–H groups in total. The van der Waals surface area contributed by atoms with Gasteiger partial charge in [-0.3, -0.25) is 9.36 Å². The molecular formula is C19H24N4O3S. The van der Waals surface area contributed by atoms with E-state index in [-0.39, 0.29) is 17.8 Å². The topological polar surface area (TPSA) is 78.3 Å². The molecule has 7 nitrogen and oxygen atoms in total. The fourth-order valence-corrected chi connectivity index (χ4v) is 3.38. The predicted octanol–water partition coefficient (Wildman–Crippen LogP) is 2.84. The third-order valence-corrected chi connectivity index (χ3v) is 4.86. The molecule has 144 valence electrons. The number of nitrogens with one attached hydrogen (secondary N) is 1. The van der Waals surface area contributed by atoms with E-state index in [2.05, 4.69) is 35.9 Å². The van der Waals surface area contributed by atoms with Crippen LogP contribution >= 0.6 is 11.8 Å². The van der Waals surface area contributed by atoms with Crippen LogP contribution in [0.25, 0.3) is 0 Å². The van der Waals surface area contributed by atoms with Crippen molar-refractivity contribution in [1.29, 1.82) is 0 Å². The van der Waals surface area contributed by atoms with Crippen molar-refractivity contribution in [3.63, 3.8) is 0 Å². The van der Waals surface area contributed by atoms with E-state index in [9.17, 15) is 4.79 Å². The molecule has 1 aromatic carbocycles. The van der Waals surface area contributed by atoms with Crippen molar-refractivity contribution in [1.82, 2.24) is 20.1 Å². The molecule has 0 unspecified atom stereocenters. The first kappa shape index (κ1) is 19.3. The molecule has 0 saturated carbocycles. The normalized spacial score (nSPS) is 15.6. The number of fused-ring (bicyclic) bond motifs is 1. The van der Waals surface area contributed by atoms with Crippen LogP contribution in [0.3, 0.4) is 0 Å². The quantitative estimate of drug-likeness (QED) is 0.553. The minimum Gasteiger partial charge on any atom is -0.485 e. The maximum Gasteiger partial charge on any atom is 0.230 e. The molecule has 1 aliphatic rings. The van der Waals surface area contributed by atoms with E-state index in [1.807, 2.05) is 28.8 Å². The number of carbonyl (C=O) groups is 1. The molecule has 0 radical (unpaired) electrons. The zero-order valence-corrected chi connectivity index (χ0v) is 16.4. The molecule has 0 aliphatic carbocycles. The largest absolute Gasteiger partial charge is 0.485 e. The van der Waals surface area contributed by atoms with Crippen molar-refractivity contribution < 1.29 is 14.3 Å².